The van der Waals surface area contributed by atoms with Gasteiger partial charge in [-0.05, 0) is 28.8 Å². The number of carbonyl (C=O) groups excluding carboxylic acids is 1. The molecule has 0 amide bonds. The molecule has 1 aliphatic heterocycles. The number of carbonyl (C=O) groups is 1. The van der Waals surface area contributed by atoms with Crippen molar-refractivity contribution in [2.45, 2.75) is 16.9 Å². The number of ether oxygens (including phenoxy) is 1. The fraction of sp³-hybridized carbons (Fsp3) is 0.103. The fourth-order valence-corrected chi connectivity index (χ4v) is 5.61. The summed E-state index contributed by atoms with van der Waals surface area (Å²) in [6.07, 6.45) is 0. The van der Waals surface area contributed by atoms with Crippen molar-refractivity contribution in [3.8, 4) is 0 Å². The van der Waals surface area contributed by atoms with Gasteiger partial charge in [-0.25, -0.2) is 9.79 Å². The normalized spacial score (nSPS) is 21.9. The molecular formula is C29H20N2O4. The lowest BCUT2D eigenvalue weighted by molar-refractivity contribution is -0.384. The highest BCUT2D eigenvalue weighted by Gasteiger charge is 2.85. The molecule has 6 heteroatoms. The maximum Gasteiger partial charge on any atom is 0.342 e. The van der Waals surface area contributed by atoms with Crippen LogP contribution in [0.15, 0.2) is 120 Å². The average Bonchev–Trinajstić information content (AvgIpc) is 3.39. The second-order valence-corrected chi connectivity index (χ2v) is 8.76. The lowest BCUT2D eigenvalue weighted by Gasteiger charge is -2.21. The summed E-state index contributed by atoms with van der Waals surface area (Å²) in [5.41, 5.74) is 1.31. The van der Waals surface area contributed by atoms with Gasteiger partial charge in [0.2, 0.25) is 5.90 Å². The topological polar surface area (TPSA) is 81.8 Å². The zero-order chi connectivity index (χ0) is 24.0. The number of nitrogens with zero attached hydrogens (tertiary/aromatic N) is 2. The third-order valence-corrected chi connectivity index (χ3v) is 7.06. The highest BCUT2D eigenvalue weighted by atomic mass is 16.6. The van der Waals surface area contributed by atoms with Crippen LogP contribution in [0.4, 0.5) is 5.69 Å². The third kappa shape index (κ3) is 2.89. The summed E-state index contributed by atoms with van der Waals surface area (Å²) in [7, 11) is 0. The van der Waals surface area contributed by atoms with E-state index in [4.69, 9.17) is 9.73 Å². The highest BCUT2D eigenvalue weighted by Crippen LogP contribution is 2.75. The zero-order valence-electron chi connectivity index (χ0n) is 18.6. The maximum absolute atomic E-state index is 13.8. The van der Waals surface area contributed by atoms with Gasteiger partial charge >= 0.3 is 5.97 Å². The summed E-state index contributed by atoms with van der Waals surface area (Å²) in [6.45, 7) is 0. The van der Waals surface area contributed by atoms with Crippen molar-refractivity contribution in [2.24, 2.45) is 4.99 Å². The Labute approximate surface area is 201 Å². The number of cyclic esters (lactones) is 1. The molecule has 1 fully saturated rings. The quantitative estimate of drug-likeness (QED) is 0.226. The largest absolute Gasteiger partial charge is 0.405 e. The Morgan fingerprint density at radius 3 is 1.77 bits per heavy atom. The van der Waals surface area contributed by atoms with Crippen LogP contribution >= 0.6 is 0 Å². The predicted molar refractivity (Wildman–Crippen MR) is 131 cm³/mol. The molecule has 6 rings (SSSR count). The molecule has 0 N–H and O–H groups in total. The summed E-state index contributed by atoms with van der Waals surface area (Å²) in [4.78, 5) is 29.7. The van der Waals surface area contributed by atoms with E-state index >= 15 is 0 Å². The SMILES string of the molecule is O=C1OC(c2ccccc2)=N[C@@]12[C@H](c1ccc([N+](=O)[O-])cc1)C2(c1ccccc1)c1ccccc1. The van der Waals surface area contributed by atoms with Crippen molar-refractivity contribution >= 4 is 17.6 Å². The lowest BCUT2D eigenvalue weighted by Crippen LogP contribution is -2.29. The molecule has 0 saturated heterocycles. The Kier molecular flexibility index (Phi) is 4.64. The highest BCUT2D eigenvalue weighted by molar-refractivity contribution is 6.12. The van der Waals surface area contributed by atoms with Crippen molar-refractivity contribution in [3.63, 3.8) is 0 Å². The molecule has 1 aliphatic carbocycles. The summed E-state index contributed by atoms with van der Waals surface area (Å²) in [6, 6.07) is 35.4. The van der Waals surface area contributed by atoms with Crippen LogP contribution in [0.25, 0.3) is 0 Å². The van der Waals surface area contributed by atoms with E-state index in [1.54, 1.807) is 12.1 Å². The molecule has 0 radical (unpaired) electrons. The van der Waals surface area contributed by atoms with Gasteiger partial charge in [0.05, 0.1) is 10.3 Å². The van der Waals surface area contributed by atoms with Crippen LogP contribution in [-0.4, -0.2) is 22.3 Å². The van der Waals surface area contributed by atoms with E-state index in [1.807, 2.05) is 91.0 Å². The van der Waals surface area contributed by atoms with Crippen molar-refractivity contribution in [3.05, 3.63) is 148 Å². The molecule has 4 aromatic rings. The molecule has 1 heterocycles. The van der Waals surface area contributed by atoms with Crippen LogP contribution in [0.3, 0.4) is 0 Å². The Bertz CT molecular complexity index is 1410. The predicted octanol–water partition coefficient (Wildman–Crippen LogP) is 5.42. The monoisotopic (exact) mass is 460 g/mol. The number of non-ortho nitro benzene ring substituents is 1. The van der Waals surface area contributed by atoms with Gasteiger partial charge in [-0.15, -0.1) is 0 Å². The first-order valence-corrected chi connectivity index (χ1v) is 11.3. The van der Waals surface area contributed by atoms with E-state index in [-0.39, 0.29) is 11.6 Å². The van der Waals surface area contributed by atoms with Crippen molar-refractivity contribution in [1.82, 2.24) is 0 Å². The van der Waals surface area contributed by atoms with Crippen LogP contribution < -0.4 is 0 Å². The van der Waals surface area contributed by atoms with Crippen LogP contribution in [0.2, 0.25) is 0 Å². The minimum absolute atomic E-state index is 0.00375. The number of rotatable bonds is 5. The van der Waals surface area contributed by atoms with Gasteiger partial charge in [-0.2, -0.15) is 0 Å². The average molecular weight is 460 g/mol. The number of nitro benzene ring substituents is 1. The first kappa shape index (κ1) is 21.0. The number of hydrogen-bond acceptors (Lipinski definition) is 5. The van der Waals surface area contributed by atoms with E-state index < -0.39 is 27.8 Å². The number of benzene rings is 4. The van der Waals surface area contributed by atoms with Gasteiger partial charge in [0.1, 0.15) is 0 Å². The second-order valence-electron chi connectivity index (χ2n) is 8.76. The molecule has 0 bridgehead atoms. The Balaban J connectivity index is 1.63. The van der Waals surface area contributed by atoms with Crippen LogP contribution in [0, 0.1) is 10.1 Å². The van der Waals surface area contributed by atoms with E-state index in [2.05, 4.69) is 0 Å². The van der Waals surface area contributed by atoms with E-state index in [1.165, 1.54) is 12.1 Å². The van der Waals surface area contributed by atoms with Gasteiger partial charge in [-0.3, -0.25) is 10.1 Å². The van der Waals surface area contributed by atoms with Crippen LogP contribution in [-0.2, 0) is 14.9 Å². The van der Waals surface area contributed by atoms with E-state index in [9.17, 15) is 14.9 Å². The molecule has 1 saturated carbocycles. The lowest BCUT2D eigenvalue weighted by atomic mass is 9.82. The Morgan fingerprint density at radius 1 is 0.743 bits per heavy atom. The molecule has 2 atom stereocenters. The zero-order valence-corrected chi connectivity index (χ0v) is 18.6. The molecule has 6 nitrogen and oxygen atoms in total. The standard InChI is InChI=1S/C29H20N2O4/c32-27-29(30-26(35-27)21-10-4-1-5-11-21)25(20-16-18-24(19-17-20)31(33)34)28(29,22-12-6-2-7-13-22)23-14-8-3-9-15-23/h1-19,25H/t25-,29+/m1/s1. The van der Waals surface area contributed by atoms with E-state index in [0.717, 1.165) is 22.3 Å². The fourth-order valence-electron chi connectivity index (χ4n) is 5.61. The summed E-state index contributed by atoms with van der Waals surface area (Å²) in [5.74, 6) is -0.544. The molecule has 35 heavy (non-hydrogen) atoms. The maximum atomic E-state index is 13.8. The second kappa shape index (κ2) is 7.74. The van der Waals surface area contributed by atoms with Crippen LogP contribution in [0.5, 0.6) is 0 Å². The van der Waals surface area contributed by atoms with Gasteiger partial charge in [-0.1, -0.05) is 91.0 Å². The van der Waals surface area contributed by atoms with Gasteiger partial charge in [0, 0.05) is 23.6 Å². The Hall–Kier alpha value is -4.58. The summed E-state index contributed by atoms with van der Waals surface area (Å²) >= 11 is 0. The van der Waals surface area contributed by atoms with E-state index in [0.29, 0.717) is 0 Å². The first-order valence-electron chi connectivity index (χ1n) is 11.3. The van der Waals surface area contributed by atoms with Gasteiger partial charge < -0.3 is 4.74 Å². The number of hydrogen-bond donors (Lipinski definition) is 0. The number of esters is 1. The number of nitro groups is 1. The summed E-state index contributed by atoms with van der Waals surface area (Å²) in [5, 5.41) is 11.3. The summed E-state index contributed by atoms with van der Waals surface area (Å²) < 4.78 is 5.84. The molecule has 0 aromatic heterocycles. The Morgan fingerprint density at radius 2 is 1.26 bits per heavy atom. The van der Waals surface area contributed by atoms with Crippen molar-refractivity contribution in [1.29, 1.82) is 0 Å². The smallest absolute Gasteiger partial charge is 0.342 e. The van der Waals surface area contributed by atoms with Gasteiger partial charge in [0.25, 0.3) is 5.69 Å². The molecule has 2 aliphatic rings. The molecule has 4 aromatic carbocycles. The molecule has 0 unspecified atom stereocenters. The van der Waals surface area contributed by atoms with Gasteiger partial charge in [0.15, 0.2) is 5.54 Å². The first-order chi connectivity index (χ1) is 17.1. The molecular weight excluding hydrogens is 440 g/mol. The minimum Gasteiger partial charge on any atom is -0.405 e. The number of aliphatic imine (C=N–C) groups is 1. The van der Waals surface area contributed by atoms with Crippen LogP contribution in [0.1, 0.15) is 28.2 Å². The minimum atomic E-state index is -1.24. The molecule has 170 valence electrons. The van der Waals surface area contributed by atoms with Crippen molar-refractivity contribution < 1.29 is 14.5 Å². The third-order valence-electron chi connectivity index (χ3n) is 7.06. The molecule has 1 spiro atoms. The van der Waals surface area contributed by atoms with Crippen molar-refractivity contribution in [2.75, 3.05) is 0 Å².